The summed E-state index contributed by atoms with van der Waals surface area (Å²) in [5, 5.41) is 22.7. The molecule has 4 rings (SSSR count). The molecule has 1 saturated heterocycles. The number of hydrogen-bond acceptors (Lipinski definition) is 6. The van der Waals surface area contributed by atoms with Gasteiger partial charge in [0.25, 0.3) is 11.5 Å². The highest BCUT2D eigenvalue weighted by Crippen LogP contribution is 2.25. The fraction of sp³-hybridized carbons (Fsp3) is 0.391. The van der Waals surface area contributed by atoms with Gasteiger partial charge in [-0.15, -0.1) is 14.3 Å². The maximum Gasteiger partial charge on any atom is 0.277 e. The Balaban J connectivity index is 1.76. The monoisotopic (exact) mass is 454 g/mol. The third kappa shape index (κ3) is 4.06. The van der Waals surface area contributed by atoms with Crippen LogP contribution in [0.3, 0.4) is 0 Å². The molecule has 0 aliphatic carbocycles. The number of hydrogen-bond donors (Lipinski definition) is 2. The molecule has 0 spiro atoms. The van der Waals surface area contributed by atoms with Crippen molar-refractivity contribution in [2.45, 2.75) is 38.8 Å². The highest BCUT2D eigenvalue weighted by Gasteiger charge is 2.28. The molecule has 2 heterocycles. The number of aromatic nitrogens is 3. The molecule has 1 aliphatic rings. The van der Waals surface area contributed by atoms with E-state index in [2.05, 4.69) is 24.9 Å². The fourth-order valence-electron chi connectivity index (χ4n) is 4.20. The summed E-state index contributed by atoms with van der Waals surface area (Å²) in [6.07, 6.45) is 0.325. The van der Waals surface area contributed by atoms with Gasteiger partial charge in [0.2, 0.25) is 0 Å². The van der Waals surface area contributed by atoms with Crippen molar-refractivity contribution in [3.8, 4) is 0 Å². The molecule has 1 fully saturated rings. The van der Waals surface area contributed by atoms with Gasteiger partial charge in [0, 0.05) is 19.2 Å². The molecule has 0 saturated carbocycles. The van der Waals surface area contributed by atoms with Crippen molar-refractivity contribution in [1.29, 1.82) is 0 Å². The Labute approximate surface area is 188 Å². The number of aliphatic hydroxyl groups is 1. The number of carbonyl (C=O) groups is 1. The Morgan fingerprint density at radius 1 is 1.31 bits per heavy atom. The Kier molecular flexibility index (Phi) is 6.38. The van der Waals surface area contributed by atoms with Gasteiger partial charge >= 0.3 is 0 Å². The number of rotatable bonds is 4. The fourth-order valence-corrected chi connectivity index (χ4v) is 4.64. The number of carbonyl (C=O) groups excluding carboxylic acids is 1. The van der Waals surface area contributed by atoms with Crippen molar-refractivity contribution in [2.75, 3.05) is 20.3 Å². The second-order valence-electron chi connectivity index (χ2n) is 8.20. The summed E-state index contributed by atoms with van der Waals surface area (Å²) < 4.78 is 6.58. The molecular weight excluding hydrogens is 427 g/mol. The van der Waals surface area contributed by atoms with Crippen LogP contribution in [0.1, 0.15) is 45.1 Å². The van der Waals surface area contributed by atoms with E-state index in [0.29, 0.717) is 35.9 Å². The van der Waals surface area contributed by atoms with Crippen LogP contribution < -0.4 is 16.2 Å². The summed E-state index contributed by atoms with van der Waals surface area (Å²) in [6, 6.07) is 7.14. The Morgan fingerprint density at radius 2 is 2.09 bits per heavy atom. The van der Waals surface area contributed by atoms with Gasteiger partial charge in [-0.1, -0.05) is 17.3 Å². The Morgan fingerprint density at radius 3 is 2.78 bits per heavy atom. The molecule has 0 radical (unpaired) electrons. The van der Waals surface area contributed by atoms with Crippen LogP contribution >= 0.6 is 9.24 Å². The van der Waals surface area contributed by atoms with Gasteiger partial charge in [-0.25, -0.2) is 4.68 Å². The molecular formula is C23H27N4O4P. The molecule has 2 N–H and O–H groups in total. The van der Waals surface area contributed by atoms with E-state index >= 15 is 0 Å². The number of ether oxygens (including phenoxy) is 1. The highest BCUT2D eigenvalue weighted by atomic mass is 31.0. The first-order valence-corrected chi connectivity index (χ1v) is 11.1. The van der Waals surface area contributed by atoms with Gasteiger partial charge in [0.1, 0.15) is 5.52 Å². The van der Waals surface area contributed by atoms with Crippen LogP contribution in [-0.4, -0.2) is 52.4 Å². The molecule has 1 unspecified atom stereocenters. The lowest BCUT2D eigenvalue weighted by molar-refractivity contribution is -0.0434. The number of amides is 1. The molecule has 32 heavy (non-hydrogen) atoms. The zero-order valence-electron chi connectivity index (χ0n) is 18.4. The first-order valence-electron chi connectivity index (χ1n) is 10.6. The average Bonchev–Trinajstić information content (AvgIpc) is 2.78. The smallest absolute Gasteiger partial charge is 0.277 e. The molecule has 1 amide bonds. The van der Waals surface area contributed by atoms with E-state index in [9.17, 15) is 14.7 Å². The molecule has 2 aromatic carbocycles. The third-order valence-electron chi connectivity index (χ3n) is 6.24. The van der Waals surface area contributed by atoms with E-state index in [1.165, 1.54) is 4.68 Å². The van der Waals surface area contributed by atoms with E-state index in [0.717, 1.165) is 27.6 Å². The predicted molar refractivity (Wildman–Crippen MR) is 126 cm³/mol. The van der Waals surface area contributed by atoms with Crippen LogP contribution in [0.25, 0.3) is 10.9 Å². The summed E-state index contributed by atoms with van der Waals surface area (Å²) in [5.41, 5.74) is 4.94. The third-order valence-corrected chi connectivity index (χ3v) is 6.72. The normalized spacial score (nSPS) is 18.7. The minimum absolute atomic E-state index is 0.131. The minimum Gasteiger partial charge on any atom is -0.388 e. The quantitative estimate of drug-likeness (QED) is 0.574. The van der Waals surface area contributed by atoms with Gasteiger partial charge in [0.05, 0.1) is 24.1 Å². The molecule has 1 aliphatic heterocycles. The van der Waals surface area contributed by atoms with Crippen LogP contribution in [0.15, 0.2) is 29.1 Å². The SMILES string of the molecule is CNC(=O)c1ccc(Cc2cc3c(=O)n([C@H]4CCOC[C@@H]4O)nnc3c(C)c2C)cc1P. The lowest BCUT2D eigenvalue weighted by Crippen LogP contribution is -2.40. The van der Waals surface area contributed by atoms with Crippen molar-refractivity contribution in [1.82, 2.24) is 20.3 Å². The first-order chi connectivity index (χ1) is 15.3. The van der Waals surface area contributed by atoms with Crippen LogP contribution in [-0.2, 0) is 11.2 Å². The summed E-state index contributed by atoms with van der Waals surface area (Å²) in [6.45, 7) is 4.60. The zero-order chi connectivity index (χ0) is 23.0. The average molecular weight is 454 g/mol. The van der Waals surface area contributed by atoms with Gasteiger partial charge in [-0.2, -0.15) is 0 Å². The molecule has 8 nitrogen and oxygen atoms in total. The number of nitrogens with zero attached hydrogens (tertiary/aromatic N) is 3. The highest BCUT2D eigenvalue weighted by molar-refractivity contribution is 7.27. The van der Waals surface area contributed by atoms with Crippen molar-refractivity contribution in [2.24, 2.45) is 0 Å². The maximum absolute atomic E-state index is 13.3. The van der Waals surface area contributed by atoms with Gasteiger partial charge in [-0.05, 0) is 66.4 Å². The number of benzene rings is 2. The van der Waals surface area contributed by atoms with Crippen molar-refractivity contribution in [3.63, 3.8) is 0 Å². The van der Waals surface area contributed by atoms with Crippen LogP contribution in [0.2, 0.25) is 0 Å². The Bertz CT molecular complexity index is 1260. The van der Waals surface area contributed by atoms with Crippen LogP contribution in [0.4, 0.5) is 0 Å². The predicted octanol–water partition coefficient (Wildman–Crippen LogP) is 1.18. The second kappa shape index (κ2) is 9.06. The van der Waals surface area contributed by atoms with Gasteiger partial charge < -0.3 is 15.2 Å². The van der Waals surface area contributed by atoms with E-state index in [-0.39, 0.29) is 18.1 Å². The number of aliphatic hydroxyl groups excluding tert-OH is 1. The van der Waals surface area contributed by atoms with Gasteiger partial charge in [-0.3, -0.25) is 9.59 Å². The van der Waals surface area contributed by atoms with Crippen LogP contribution in [0.5, 0.6) is 0 Å². The summed E-state index contributed by atoms with van der Waals surface area (Å²) in [5.74, 6) is -0.131. The van der Waals surface area contributed by atoms with Crippen molar-refractivity contribution < 1.29 is 14.6 Å². The van der Waals surface area contributed by atoms with E-state index in [4.69, 9.17) is 4.74 Å². The van der Waals surface area contributed by atoms with Crippen molar-refractivity contribution in [3.05, 3.63) is 62.4 Å². The van der Waals surface area contributed by atoms with Crippen molar-refractivity contribution >= 4 is 31.4 Å². The summed E-state index contributed by atoms with van der Waals surface area (Å²) in [4.78, 5) is 25.3. The standard InChI is InChI=1S/C23H27N4O4P/c1-12-13(2)21-17(23(30)27(26-25-21)18-6-7-31-11-19(18)28)10-15(12)8-14-4-5-16(20(32)9-14)22(29)24-3/h4-5,9-10,18-19,28H,6-8,11,32H2,1-3H3,(H,24,29)/t18-,19-/m0/s1. The molecule has 0 bridgehead atoms. The van der Waals surface area contributed by atoms with Crippen LogP contribution in [0, 0.1) is 13.8 Å². The summed E-state index contributed by atoms with van der Waals surface area (Å²) in [7, 11) is 4.22. The van der Waals surface area contributed by atoms with E-state index in [1.807, 2.05) is 38.1 Å². The minimum atomic E-state index is -0.793. The van der Waals surface area contributed by atoms with E-state index < -0.39 is 12.1 Å². The maximum atomic E-state index is 13.3. The molecule has 3 atom stereocenters. The Hall–Kier alpha value is -2.67. The topological polar surface area (TPSA) is 106 Å². The lowest BCUT2D eigenvalue weighted by atomic mass is 9.94. The second-order valence-corrected chi connectivity index (χ2v) is 8.82. The largest absolute Gasteiger partial charge is 0.388 e. The number of nitrogens with one attached hydrogen (secondary N) is 1. The summed E-state index contributed by atoms with van der Waals surface area (Å²) >= 11 is 0. The molecule has 9 heteroatoms. The number of fused-ring (bicyclic) bond motifs is 1. The number of aryl methyl sites for hydroxylation is 1. The van der Waals surface area contributed by atoms with E-state index in [1.54, 1.807) is 7.05 Å². The molecule has 3 aromatic rings. The lowest BCUT2D eigenvalue weighted by Gasteiger charge is -2.28. The first kappa shape index (κ1) is 22.5. The molecule has 1 aromatic heterocycles. The molecule has 168 valence electrons. The van der Waals surface area contributed by atoms with Gasteiger partial charge in [0.15, 0.2) is 0 Å². The zero-order valence-corrected chi connectivity index (χ0v) is 19.5.